The predicted molar refractivity (Wildman–Crippen MR) is 67.4 cm³/mol. The minimum Gasteiger partial charge on any atom is -0.497 e. The first-order chi connectivity index (χ1) is 8.72. The SMILES string of the molecule is COc1cccc(Nc2ccc(F)cc2C#N)c1. The van der Waals surface area contributed by atoms with Crippen LogP contribution < -0.4 is 10.1 Å². The Morgan fingerprint density at radius 1 is 1.22 bits per heavy atom. The first kappa shape index (κ1) is 11.9. The first-order valence-electron chi connectivity index (χ1n) is 5.33. The molecule has 2 aromatic rings. The number of rotatable bonds is 3. The summed E-state index contributed by atoms with van der Waals surface area (Å²) in [5.41, 5.74) is 1.60. The fourth-order valence-electron chi connectivity index (χ4n) is 1.57. The van der Waals surface area contributed by atoms with Crippen LogP contribution in [0.5, 0.6) is 5.75 Å². The molecule has 18 heavy (non-hydrogen) atoms. The Labute approximate surface area is 104 Å². The number of methoxy groups -OCH3 is 1. The summed E-state index contributed by atoms with van der Waals surface area (Å²) in [4.78, 5) is 0. The molecular weight excluding hydrogens is 231 g/mol. The zero-order valence-corrected chi connectivity index (χ0v) is 9.77. The van der Waals surface area contributed by atoms with Gasteiger partial charge in [-0.1, -0.05) is 6.07 Å². The van der Waals surface area contributed by atoms with E-state index in [9.17, 15) is 4.39 Å². The number of halogens is 1. The molecule has 1 N–H and O–H groups in total. The minimum atomic E-state index is -0.428. The van der Waals surface area contributed by atoms with Gasteiger partial charge in [-0.05, 0) is 30.3 Å². The van der Waals surface area contributed by atoms with Gasteiger partial charge in [0.05, 0.1) is 18.4 Å². The third kappa shape index (κ3) is 2.58. The van der Waals surface area contributed by atoms with Crippen LogP contribution in [-0.2, 0) is 0 Å². The molecule has 0 amide bonds. The molecule has 3 nitrogen and oxygen atoms in total. The predicted octanol–water partition coefficient (Wildman–Crippen LogP) is 3.45. The largest absolute Gasteiger partial charge is 0.497 e. The number of nitrogens with zero attached hydrogens (tertiary/aromatic N) is 1. The lowest BCUT2D eigenvalue weighted by Crippen LogP contribution is -1.95. The number of nitriles is 1. The van der Waals surface area contributed by atoms with Crippen molar-refractivity contribution >= 4 is 11.4 Å². The van der Waals surface area contributed by atoms with Crippen LogP contribution in [0.3, 0.4) is 0 Å². The molecule has 4 heteroatoms. The van der Waals surface area contributed by atoms with Crippen molar-refractivity contribution in [3.05, 3.63) is 53.8 Å². The molecule has 0 aromatic heterocycles. The van der Waals surface area contributed by atoms with Crippen LogP contribution in [0.4, 0.5) is 15.8 Å². The molecule has 90 valence electrons. The van der Waals surface area contributed by atoms with E-state index in [1.54, 1.807) is 13.2 Å². The second-order valence-electron chi connectivity index (χ2n) is 3.66. The fraction of sp³-hybridized carbons (Fsp3) is 0.0714. The van der Waals surface area contributed by atoms with Crippen molar-refractivity contribution in [1.82, 2.24) is 0 Å². The van der Waals surface area contributed by atoms with E-state index in [1.165, 1.54) is 18.2 Å². The fourth-order valence-corrected chi connectivity index (χ4v) is 1.57. The quantitative estimate of drug-likeness (QED) is 0.896. The molecule has 2 aromatic carbocycles. The summed E-state index contributed by atoms with van der Waals surface area (Å²) < 4.78 is 18.1. The summed E-state index contributed by atoms with van der Waals surface area (Å²) in [7, 11) is 1.58. The molecule has 0 saturated carbocycles. The van der Waals surface area contributed by atoms with Crippen molar-refractivity contribution in [1.29, 1.82) is 5.26 Å². The number of hydrogen-bond acceptors (Lipinski definition) is 3. The van der Waals surface area contributed by atoms with Gasteiger partial charge < -0.3 is 10.1 Å². The molecule has 0 heterocycles. The molecule has 0 fully saturated rings. The van der Waals surface area contributed by atoms with Crippen molar-refractivity contribution in [3.63, 3.8) is 0 Å². The molecule has 0 unspecified atom stereocenters. The van der Waals surface area contributed by atoms with Gasteiger partial charge in [0.15, 0.2) is 0 Å². The average Bonchev–Trinajstić information content (AvgIpc) is 2.41. The van der Waals surface area contributed by atoms with Crippen molar-refractivity contribution in [2.75, 3.05) is 12.4 Å². The van der Waals surface area contributed by atoms with E-state index in [-0.39, 0.29) is 5.56 Å². The van der Waals surface area contributed by atoms with E-state index in [0.717, 1.165) is 5.69 Å². The molecule has 0 aliphatic carbocycles. The maximum Gasteiger partial charge on any atom is 0.124 e. The zero-order chi connectivity index (χ0) is 13.0. The van der Waals surface area contributed by atoms with Gasteiger partial charge in [-0.15, -0.1) is 0 Å². The number of hydrogen-bond donors (Lipinski definition) is 1. The summed E-state index contributed by atoms with van der Waals surface area (Å²) in [5.74, 6) is 0.281. The lowest BCUT2D eigenvalue weighted by molar-refractivity contribution is 0.415. The summed E-state index contributed by atoms with van der Waals surface area (Å²) >= 11 is 0. The van der Waals surface area contributed by atoms with Crippen molar-refractivity contribution in [3.8, 4) is 11.8 Å². The van der Waals surface area contributed by atoms with E-state index in [1.807, 2.05) is 24.3 Å². The average molecular weight is 242 g/mol. The maximum atomic E-state index is 13.0. The summed E-state index contributed by atoms with van der Waals surface area (Å²) in [6, 6.07) is 13.3. The van der Waals surface area contributed by atoms with Crippen molar-refractivity contribution in [2.45, 2.75) is 0 Å². The Hall–Kier alpha value is -2.54. The number of anilines is 2. The molecule has 0 saturated heterocycles. The van der Waals surface area contributed by atoms with Crippen LogP contribution in [-0.4, -0.2) is 7.11 Å². The highest BCUT2D eigenvalue weighted by Gasteiger charge is 2.04. The van der Waals surface area contributed by atoms with E-state index in [4.69, 9.17) is 10.00 Å². The third-order valence-electron chi connectivity index (χ3n) is 2.45. The normalized spacial score (nSPS) is 9.61. The molecule has 0 aliphatic rings. The standard InChI is InChI=1S/C14H11FN2O/c1-18-13-4-2-3-12(8-13)17-14-6-5-11(15)7-10(14)9-16/h2-8,17H,1H3. The monoisotopic (exact) mass is 242 g/mol. The molecule has 0 bridgehead atoms. The first-order valence-corrected chi connectivity index (χ1v) is 5.33. The topological polar surface area (TPSA) is 45.0 Å². The molecular formula is C14H11FN2O. The number of ether oxygens (including phenoxy) is 1. The minimum absolute atomic E-state index is 0.262. The Bertz CT molecular complexity index is 605. The van der Waals surface area contributed by atoms with Gasteiger partial charge in [0.25, 0.3) is 0 Å². The molecule has 0 atom stereocenters. The number of benzene rings is 2. The van der Waals surface area contributed by atoms with E-state index < -0.39 is 5.82 Å². The van der Waals surface area contributed by atoms with Crippen LogP contribution in [0.1, 0.15) is 5.56 Å². The summed E-state index contributed by atoms with van der Waals surface area (Å²) in [6.07, 6.45) is 0. The van der Waals surface area contributed by atoms with Crippen LogP contribution in [0, 0.1) is 17.1 Å². The van der Waals surface area contributed by atoms with Gasteiger partial charge >= 0.3 is 0 Å². The Balaban J connectivity index is 2.31. The highest BCUT2D eigenvalue weighted by molar-refractivity contribution is 5.67. The van der Waals surface area contributed by atoms with Gasteiger partial charge in [0, 0.05) is 11.8 Å². The Morgan fingerprint density at radius 2 is 2.06 bits per heavy atom. The second-order valence-corrected chi connectivity index (χ2v) is 3.66. The van der Waals surface area contributed by atoms with Gasteiger partial charge in [-0.2, -0.15) is 5.26 Å². The van der Waals surface area contributed by atoms with Gasteiger partial charge in [-0.25, -0.2) is 4.39 Å². The van der Waals surface area contributed by atoms with Crippen LogP contribution >= 0.6 is 0 Å². The van der Waals surface area contributed by atoms with Gasteiger partial charge in [-0.3, -0.25) is 0 Å². The smallest absolute Gasteiger partial charge is 0.124 e. The lowest BCUT2D eigenvalue weighted by Gasteiger charge is -2.09. The third-order valence-corrected chi connectivity index (χ3v) is 2.45. The van der Waals surface area contributed by atoms with E-state index in [0.29, 0.717) is 11.4 Å². The summed E-state index contributed by atoms with van der Waals surface area (Å²) in [5, 5.41) is 12.0. The van der Waals surface area contributed by atoms with Gasteiger partial charge in [0.2, 0.25) is 0 Å². The maximum absolute atomic E-state index is 13.0. The summed E-state index contributed by atoms with van der Waals surface area (Å²) in [6.45, 7) is 0. The van der Waals surface area contributed by atoms with Crippen LogP contribution in [0.2, 0.25) is 0 Å². The highest BCUT2D eigenvalue weighted by Crippen LogP contribution is 2.24. The van der Waals surface area contributed by atoms with E-state index >= 15 is 0 Å². The van der Waals surface area contributed by atoms with Crippen LogP contribution in [0.25, 0.3) is 0 Å². The van der Waals surface area contributed by atoms with Crippen molar-refractivity contribution in [2.24, 2.45) is 0 Å². The molecule has 2 rings (SSSR count). The lowest BCUT2D eigenvalue weighted by atomic mass is 10.2. The van der Waals surface area contributed by atoms with E-state index in [2.05, 4.69) is 5.32 Å². The molecule has 0 aliphatic heterocycles. The zero-order valence-electron chi connectivity index (χ0n) is 9.77. The Morgan fingerprint density at radius 3 is 2.78 bits per heavy atom. The van der Waals surface area contributed by atoms with Crippen molar-refractivity contribution < 1.29 is 9.13 Å². The number of nitrogens with one attached hydrogen (secondary N) is 1. The molecule has 0 radical (unpaired) electrons. The molecule has 0 spiro atoms. The van der Waals surface area contributed by atoms with Crippen LogP contribution in [0.15, 0.2) is 42.5 Å². The Kier molecular flexibility index (Phi) is 3.44. The second kappa shape index (κ2) is 5.19. The highest BCUT2D eigenvalue weighted by atomic mass is 19.1. The van der Waals surface area contributed by atoms with Gasteiger partial charge in [0.1, 0.15) is 17.6 Å².